The first-order valence-corrected chi connectivity index (χ1v) is 7.69. The fourth-order valence-corrected chi connectivity index (χ4v) is 2.73. The van der Waals surface area contributed by atoms with Gasteiger partial charge in [0.2, 0.25) is 0 Å². The van der Waals surface area contributed by atoms with E-state index in [2.05, 4.69) is 20.3 Å². The summed E-state index contributed by atoms with van der Waals surface area (Å²) in [6.07, 6.45) is 0.770. The average Bonchev–Trinajstić information content (AvgIpc) is 2.95. The first-order valence-electron chi connectivity index (χ1n) is 7.69. The topological polar surface area (TPSA) is 72.1 Å². The Morgan fingerprint density at radius 3 is 2.58 bits per heavy atom. The Bertz CT molecular complexity index is 737. The third-order valence-electron chi connectivity index (χ3n) is 3.94. The Kier molecular flexibility index (Phi) is 4.84. The maximum atomic E-state index is 12.4. The lowest BCUT2D eigenvalue weighted by Gasteiger charge is -2.35. The van der Waals surface area contributed by atoms with E-state index < -0.39 is 18.5 Å². The first kappa shape index (κ1) is 16.5. The molecule has 0 aliphatic carbocycles. The molecule has 3 heterocycles. The van der Waals surface area contributed by atoms with Crippen LogP contribution in [0.3, 0.4) is 0 Å². The highest BCUT2D eigenvalue weighted by molar-refractivity contribution is 5.43. The standard InChI is InChI=1S/C14H19F2N7O/c1-20-8-11(18-19-20)9-21-2-4-22(5-3-21)12-6-14(24)23(17-7-12)10-13(15)16/h6-8,13H,2-5,9-10H2,1H3. The van der Waals surface area contributed by atoms with Crippen molar-refractivity contribution in [2.24, 2.45) is 7.05 Å². The minimum atomic E-state index is -2.59. The third-order valence-corrected chi connectivity index (χ3v) is 3.94. The van der Waals surface area contributed by atoms with E-state index >= 15 is 0 Å². The molecule has 0 radical (unpaired) electrons. The predicted molar refractivity (Wildman–Crippen MR) is 83.0 cm³/mol. The molecule has 0 N–H and O–H groups in total. The highest BCUT2D eigenvalue weighted by Gasteiger charge is 2.19. The molecular formula is C14H19F2N7O. The third kappa shape index (κ3) is 3.94. The second kappa shape index (κ2) is 7.04. The normalized spacial score (nSPS) is 16.1. The van der Waals surface area contributed by atoms with Gasteiger partial charge in [0.15, 0.2) is 0 Å². The number of hydrogen-bond donors (Lipinski definition) is 0. The zero-order valence-electron chi connectivity index (χ0n) is 13.3. The largest absolute Gasteiger partial charge is 0.368 e. The molecule has 1 aliphatic heterocycles. The van der Waals surface area contributed by atoms with E-state index in [1.165, 1.54) is 12.3 Å². The Morgan fingerprint density at radius 2 is 2.00 bits per heavy atom. The number of aryl methyl sites for hydroxylation is 1. The lowest BCUT2D eigenvalue weighted by atomic mass is 10.2. The summed E-state index contributed by atoms with van der Waals surface area (Å²) >= 11 is 0. The van der Waals surface area contributed by atoms with Crippen molar-refractivity contribution in [3.05, 3.63) is 34.5 Å². The van der Waals surface area contributed by atoms with Crippen molar-refractivity contribution >= 4 is 5.69 Å². The molecule has 10 heteroatoms. The van der Waals surface area contributed by atoms with Crippen LogP contribution in [0.15, 0.2) is 23.3 Å². The maximum absolute atomic E-state index is 12.4. The Labute approximate surface area is 137 Å². The summed E-state index contributed by atoms with van der Waals surface area (Å²) in [6.45, 7) is 3.16. The fraction of sp³-hybridized carbons (Fsp3) is 0.571. The maximum Gasteiger partial charge on any atom is 0.269 e. The van der Waals surface area contributed by atoms with Crippen LogP contribution in [-0.4, -0.2) is 62.3 Å². The van der Waals surface area contributed by atoms with Crippen LogP contribution in [0.25, 0.3) is 0 Å². The molecule has 8 nitrogen and oxygen atoms in total. The Hall–Kier alpha value is -2.36. The summed E-state index contributed by atoms with van der Waals surface area (Å²) in [7, 11) is 1.83. The number of alkyl halides is 2. The monoisotopic (exact) mass is 339 g/mol. The molecule has 0 aromatic carbocycles. The Balaban J connectivity index is 1.58. The van der Waals surface area contributed by atoms with Crippen LogP contribution in [0.2, 0.25) is 0 Å². The fourth-order valence-electron chi connectivity index (χ4n) is 2.73. The molecule has 2 aromatic heterocycles. The molecule has 24 heavy (non-hydrogen) atoms. The van der Waals surface area contributed by atoms with Gasteiger partial charge in [-0.25, -0.2) is 13.5 Å². The average molecular weight is 339 g/mol. The van der Waals surface area contributed by atoms with Crippen LogP contribution in [-0.2, 0) is 20.1 Å². The van der Waals surface area contributed by atoms with E-state index in [0.717, 1.165) is 43.1 Å². The van der Waals surface area contributed by atoms with Gasteiger partial charge in [0, 0.05) is 52.0 Å². The van der Waals surface area contributed by atoms with Gasteiger partial charge in [-0.1, -0.05) is 5.21 Å². The molecule has 0 spiro atoms. The summed E-state index contributed by atoms with van der Waals surface area (Å²) < 4.78 is 27.2. The van der Waals surface area contributed by atoms with Crippen molar-refractivity contribution in [3.8, 4) is 0 Å². The summed E-state index contributed by atoms with van der Waals surface area (Å²) in [4.78, 5) is 16.1. The minimum Gasteiger partial charge on any atom is -0.368 e. The van der Waals surface area contributed by atoms with E-state index in [0.29, 0.717) is 5.69 Å². The predicted octanol–water partition coefficient (Wildman–Crippen LogP) is -0.0409. The number of rotatable bonds is 5. The van der Waals surface area contributed by atoms with Gasteiger partial charge >= 0.3 is 0 Å². The van der Waals surface area contributed by atoms with Gasteiger partial charge in [0.05, 0.1) is 17.6 Å². The van der Waals surface area contributed by atoms with Crippen LogP contribution in [0.5, 0.6) is 0 Å². The lowest BCUT2D eigenvalue weighted by Crippen LogP contribution is -2.46. The van der Waals surface area contributed by atoms with Gasteiger partial charge in [-0.05, 0) is 0 Å². The molecule has 1 saturated heterocycles. The second-order valence-electron chi connectivity index (χ2n) is 5.77. The zero-order valence-corrected chi connectivity index (χ0v) is 13.3. The van der Waals surface area contributed by atoms with Gasteiger partial charge in [-0.15, -0.1) is 5.10 Å². The second-order valence-corrected chi connectivity index (χ2v) is 5.77. The van der Waals surface area contributed by atoms with Crippen molar-refractivity contribution < 1.29 is 8.78 Å². The highest BCUT2D eigenvalue weighted by atomic mass is 19.3. The smallest absolute Gasteiger partial charge is 0.269 e. The molecule has 0 saturated carbocycles. The highest BCUT2D eigenvalue weighted by Crippen LogP contribution is 2.14. The van der Waals surface area contributed by atoms with E-state index in [4.69, 9.17) is 0 Å². The van der Waals surface area contributed by atoms with E-state index in [1.807, 2.05) is 18.1 Å². The van der Waals surface area contributed by atoms with Gasteiger partial charge in [-0.3, -0.25) is 14.4 Å². The van der Waals surface area contributed by atoms with Crippen molar-refractivity contribution in [1.29, 1.82) is 0 Å². The number of aromatic nitrogens is 5. The van der Waals surface area contributed by atoms with Gasteiger partial charge in [-0.2, -0.15) is 5.10 Å². The van der Waals surface area contributed by atoms with Crippen LogP contribution in [0.1, 0.15) is 5.69 Å². The summed E-state index contributed by atoms with van der Waals surface area (Å²) in [5.74, 6) is 0. The first-order chi connectivity index (χ1) is 11.5. The number of nitrogens with zero attached hydrogens (tertiary/aromatic N) is 7. The molecule has 2 aromatic rings. The number of halogens is 2. The number of hydrogen-bond acceptors (Lipinski definition) is 6. The van der Waals surface area contributed by atoms with Crippen LogP contribution in [0.4, 0.5) is 14.5 Å². The Morgan fingerprint density at radius 1 is 1.25 bits per heavy atom. The molecule has 0 bridgehead atoms. The summed E-state index contributed by atoms with van der Waals surface area (Å²) in [5.41, 5.74) is 1.08. The van der Waals surface area contributed by atoms with Gasteiger partial charge < -0.3 is 4.90 Å². The van der Waals surface area contributed by atoms with Gasteiger partial charge in [0.25, 0.3) is 12.0 Å². The van der Waals surface area contributed by atoms with E-state index in [9.17, 15) is 13.6 Å². The zero-order chi connectivity index (χ0) is 17.1. The summed E-state index contributed by atoms with van der Waals surface area (Å²) in [5, 5.41) is 11.8. The van der Waals surface area contributed by atoms with Crippen molar-refractivity contribution in [1.82, 2.24) is 29.7 Å². The minimum absolute atomic E-state index is 0.505. The molecule has 0 amide bonds. The molecule has 130 valence electrons. The molecule has 3 rings (SSSR count). The lowest BCUT2D eigenvalue weighted by molar-refractivity contribution is 0.119. The van der Waals surface area contributed by atoms with E-state index in [-0.39, 0.29) is 0 Å². The molecular weight excluding hydrogens is 320 g/mol. The SMILES string of the molecule is Cn1cc(CN2CCN(c3cnn(CC(F)F)c(=O)c3)CC2)nn1. The quantitative estimate of drug-likeness (QED) is 0.761. The molecule has 0 atom stereocenters. The number of anilines is 1. The van der Waals surface area contributed by atoms with Gasteiger partial charge in [0.1, 0.15) is 6.54 Å². The van der Waals surface area contributed by atoms with Crippen LogP contribution in [0, 0.1) is 0 Å². The van der Waals surface area contributed by atoms with Crippen LogP contribution >= 0.6 is 0 Å². The molecule has 0 unspecified atom stereocenters. The molecule has 1 aliphatic rings. The van der Waals surface area contributed by atoms with Crippen molar-refractivity contribution in [2.45, 2.75) is 19.5 Å². The number of piperazine rings is 1. The molecule has 1 fully saturated rings. The van der Waals surface area contributed by atoms with Crippen molar-refractivity contribution in [2.75, 3.05) is 31.1 Å². The van der Waals surface area contributed by atoms with E-state index in [1.54, 1.807) is 4.68 Å². The summed E-state index contributed by atoms with van der Waals surface area (Å²) in [6, 6.07) is 1.37. The van der Waals surface area contributed by atoms with Crippen LogP contribution < -0.4 is 10.5 Å². The van der Waals surface area contributed by atoms with Crippen molar-refractivity contribution in [3.63, 3.8) is 0 Å².